The Morgan fingerprint density at radius 3 is 2.50 bits per heavy atom. The van der Waals surface area contributed by atoms with E-state index in [2.05, 4.69) is 0 Å². The smallest absolute Gasteiger partial charge is 0.344 e. The molecule has 1 aliphatic carbocycles. The standard InChI is InChI=1S/C27H30F6N2O3S2/c1-25(29,24(36)37)15-38-21-11-22-20(10-23(21)39-19-12-27(32,33)13-19)35(17-6-4-5-16(28)9-17)14-18(34(3)40-22)7-8-26(2,30)31/h4-6,9-11,18-19H,7-8,12-15H2,1-3H3,(H,36,37). The van der Waals surface area contributed by atoms with E-state index in [4.69, 9.17) is 4.74 Å². The minimum absolute atomic E-state index is 0.114. The molecule has 4 rings (SSSR count). The fraction of sp³-hybridized carbons (Fsp3) is 0.519. The maximum absolute atomic E-state index is 14.5. The number of ether oxygens (including phenoxy) is 1. The number of benzene rings is 2. The Morgan fingerprint density at radius 1 is 1.20 bits per heavy atom. The lowest BCUT2D eigenvalue weighted by Crippen LogP contribution is -2.38. The monoisotopic (exact) mass is 608 g/mol. The number of fused-ring (bicyclic) bond motifs is 1. The highest BCUT2D eigenvalue weighted by molar-refractivity contribution is 8.00. The van der Waals surface area contributed by atoms with Gasteiger partial charge >= 0.3 is 5.97 Å². The lowest BCUT2D eigenvalue weighted by molar-refractivity contribution is -0.151. The van der Waals surface area contributed by atoms with Crippen molar-refractivity contribution in [2.75, 3.05) is 25.1 Å². The molecule has 13 heteroatoms. The largest absolute Gasteiger partial charge is 0.488 e. The summed E-state index contributed by atoms with van der Waals surface area (Å²) in [6, 6.07) is 8.65. The van der Waals surface area contributed by atoms with E-state index in [1.165, 1.54) is 30.1 Å². The van der Waals surface area contributed by atoms with Gasteiger partial charge < -0.3 is 14.7 Å². The predicted molar refractivity (Wildman–Crippen MR) is 144 cm³/mol. The summed E-state index contributed by atoms with van der Waals surface area (Å²) < 4.78 is 91.0. The summed E-state index contributed by atoms with van der Waals surface area (Å²) >= 11 is 2.34. The molecule has 1 saturated carbocycles. The third-order valence-corrected chi connectivity index (χ3v) is 9.14. The molecule has 2 aromatic carbocycles. The van der Waals surface area contributed by atoms with Gasteiger partial charge in [0.15, 0.2) is 0 Å². The van der Waals surface area contributed by atoms with E-state index in [1.807, 2.05) is 4.31 Å². The van der Waals surface area contributed by atoms with Crippen molar-refractivity contribution in [2.45, 2.75) is 78.1 Å². The molecule has 5 nitrogen and oxygen atoms in total. The number of halogens is 6. The molecule has 2 aliphatic rings. The molecule has 1 heterocycles. The molecular formula is C27H30F6N2O3S2. The Morgan fingerprint density at radius 2 is 1.90 bits per heavy atom. The first kappa shape index (κ1) is 30.7. The van der Waals surface area contributed by atoms with Crippen LogP contribution in [-0.4, -0.2) is 64.4 Å². The second kappa shape index (κ2) is 11.6. The molecule has 40 heavy (non-hydrogen) atoms. The highest BCUT2D eigenvalue weighted by Gasteiger charge is 2.46. The van der Waals surface area contributed by atoms with Crippen LogP contribution in [0.3, 0.4) is 0 Å². The quantitative estimate of drug-likeness (QED) is 0.218. The first-order valence-electron chi connectivity index (χ1n) is 12.6. The van der Waals surface area contributed by atoms with E-state index in [0.717, 1.165) is 25.6 Å². The van der Waals surface area contributed by atoms with Crippen molar-refractivity contribution in [3.8, 4) is 5.75 Å². The van der Waals surface area contributed by atoms with Crippen LogP contribution in [0.5, 0.6) is 5.75 Å². The van der Waals surface area contributed by atoms with Gasteiger partial charge in [0.1, 0.15) is 18.2 Å². The van der Waals surface area contributed by atoms with Crippen molar-refractivity contribution >= 4 is 41.1 Å². The zero-order chi connectivity index (χ0) is 29.5. The molecule has 0 aromatic heterocycles. The van der Waals surface area contributed by atoms with Gasteiger partial charge in [-0.2, -0.15) is 0 Å². The van der Waals surface area contributed by atoms with Gasteiger partial charge in [-0.15, -0.1) is 11.8 Å². The Hall–Kier alpha value is -2.25. The van der Waals surface area contributed by atoms with E-state index in [1.54, 1.807) is 30.1 Å². The Kier molecular flexibility index (Phi) is 8.87. The molecule has 0 saturated heterocycles. The molecule has 1 fully saturated rings. The molecule has 0 radical (unpaired) electrons. The molecule has 2 aromatic rings. The van der Waals surface area contributed by atoms with Crippen LogP contribution < -0.4 is 9.64 Å². The average Bonchev–Trinajstić information content (AvgIpc) is 2.95. The van der Waals surface area contributed by atoms with Crippen LogP contribution in [0.4, 0.5) is 37.7 Å². The van der Waals surface area contributed by atoms with E-state index in [0.29, 0.717) is 21.2 Å². The molecule has 0 amide bonds. The van der Waals surface area contributed by atoms with Crippen molar-refractivity contribution in [3.05, 3.63) is 42.2 Å². The Balaban J connectivity index is 1.76. The lowest BCUT2D eigenvalue weighted by Gasteiger charge is -2.35. The number of likely N-dealkylation sites (N-methyl/N-ethyl adjacent to an activating group) is 1. The van der Waals surface area contributed by atoms with Gasteiger partial charge in [0.05, 0.1) is 15.5 Å². The number of carboxylic acids is 1. The zero-order valence-corrected chi connectivity index (χ0v) is 23.7. The number of alkyl halides is 5. The molecule has 2 unspecified atom stereocenters. The number of thioether (sulfide) groups is 1. The molecule has 2 atom stereocenters. The third-order valence-electron chi connectivity index (χ3n) is 6.79. The summed E-state index contributed by atoms with van der Waals surface area (Å²) in [5.41, 5.74) is -1.67. The fourth-order valence-electron chi connectivity index (χ4n) is 4.40. The van der Waals surface area contributed by atoms with Crippen LogP contribution in [-0.2, 0) is 4.79 Å². The molecule has 220 valence electrons. The van der Waals surface area contributed by atoms with Gasteiger partial charge in [0.25, 0.3) is 0 Å². The minimum atomic E-state index is -2.88. The third kappa shape index (κ3) is 7.52. The first-order chi connectivity index (χ1) is 18.5. The van der Waals surface area contributed by atoms with E-state index in [-0.39, 0.29) is 38.0 Å². The summed E-state index contributed by atoms with van der Waals surface area (Å²) in [5.74, 6) is -7.76. The van der Waals surface area contributed by atoms with Crippen molar-refractivity contribution in [1.29, 1.82) is 0 Å². The van der Waals surface area contributed by atoms with Crippen LogP contribution >= 0.6 is 23.7 Å². The first-order valence-corrected chi connectivity index (χ1v) is 14.3. The van der Waals surface area contributed by atoms with E-state index >= 15 is 0 Å². The second-order valence-electron chi connectivity index (χ2n) is 10.6. The van der Waals surface area contributed by atoms with Gasteiger partial charge in [-0.25, -0.2) is 35.4 Å². The topological polar surface area (TPSA) is 53.0 Å². The SMILES string of the molecule is CN1Sc2cc(OCC(C)(F)C(=O)O)c(SC3CC(F)(F)C3)cc2N(c2cccc(F)c2)CC1CCC(C)(F)F. The minimum Gasteiger partial charge on any atom is -0.488 e. The number of hydrogen-bond acceptors (Lipinski definition) is 6. The van der Waals surface area contributed by atoms with E-state index < -0.39 is 47.2 Å². The fourth-order valence-corrected chi connectivity index (χ4v) is 6.88. The van der Waals surface area contributed by atoms with Gasteiger partial charge in [-0.05, 0) is 69.6 Å². The van der Waals surface area contributed by atoms with Crippen molar-refractivity contribution < 1.29 is 41.0 Å². The number of aliphatic carboxylic acids is 1. The van der Waals surface area contributed by atoms with Crippen LogP contribution in [0.1, 0.15) is 39.5 Å². The van der Waals surface area contributed by atoms with Crippen LogP contribution in [0.15, 0.2) is 46.2 Å². The Bertz CT molecular complexity index is 1240. The molecule has 0 spiro atoms. The van der Waals surface area contributed by atoms with Crippen LogP contribution in [0.2, 0.25) is 0 Å². The summed E-state index contributed by atoms with van der Waals surface area (Å²) in [6.07, 6.45) is -0.954. The number of nitrogens with zero attached hydrogens (tertiary/aromatic N) is 2. The highest BCUT2D eigenvalue weighted by atomic mass is 32.2. The average molecular weight is 609 g/mol. The predicted octanol–water partition coefficient (Wildman–Crippen LogP) is 7.80. The number of carboxylic acid groups (broad SMARTS) is 1. The van der Waals surface area contributed by atoms with Gasteiger partial charge in [-0.3, -0.25) is 0 Å². The van der Waals surface area contributed by atoms with Crippen molar-refractivity contribution in [1.82, 2.24) is 4.31 Å². The zero-order valence-electron chi connectivity index (χ0n) is 22.1. The van der Waals surface area contributed by atoms with Crippen LogP contribution in [0.25, 0.3) is 0 Å². The number of anilines is 2. The summed E-state index contributed by atoms with van der Waals surface area (Å²) in [7, 11) is 1.74. The molecule has 1 aliphatic heterocycles. The van der Waals surface area contributed by atoms with Gasteiger partial charge in [0, 0.05) is 42.8 Å². The highest BCUT2D eigenvalue weighted by Crippen LogP contribution is 2.52. The van der Waals surface area contributed by atoms with E-state index in [9.17, 15) is 36.2 Å². The summed E-state index contributed by atoms with van der Waals surface area (Å²) in [5, 5.41) is 8.73. The summed E-state index contributed by atoms with van der Waals surface area (Å²) in [4.78, 5) is 14.0. The maximum atomic E-state index is 14.5. The van der Waals surface area contributed by atoms with Crippen molar-refractivity contribution in [3.63, 3.8) is 0 Å². The number of rotatable bonds is 10. The van der Waals surface area contributed by atoms with Gasteiger partial charge in [0.2, 0.25) is 17.5 Å². The molecule has 0 bridgehead atoms. The lowest BCUT2D eigenvalue weighted by atomic mass is 9.94. The Labute approximate surface area is 237 Å². The summed E-state index contributed by atoms with van der Waals surface area (Å²) in [6.45, 7) is 1.12. The van der Waals surface area contributed by atoms with Crippen molar-refractivity contribution in [2.24, 2.45) is 0 Å². The van der Waals surface area contributed by atoms with Gasteiger partial charge in [-0.1, -0.05) is 6.07 Å². The second-order valence-corrected chi connectivity index (χ2v) is 13.1. The molecule has 1 N–H and O–H groups in total. The van der Waals surface area contributed by atoms with Crippen LogP contribution in [0, 0.1) is 5.82 Å². The molecular weight excluding hydrogens is 578 g/mol. The number of carbonyl (C=O) groups is 1. The number of hydrogen-bond donors (Lipinski definition) is 1. The maximum Gasteiger partial charge on any atom is 0.344 e. The normalized spacial score (nSPS) is 21.2.